The molecule has 172 valence electrons. The molecular weight excluding hydrogens is 426 g/mol. The summed E-state index contributed by atoms with van der Waals surface area (Å²) in [4.78, 5) is 17.4. The van der Waals surface area contributed by atoms with Crippen molar-refractivity contribution < 1.29 is 14.3 Å². The van der Waals surface area contributed by atoms with Gasteiger partial charge in [0.05, 0.1) is 12.2 Å². The average molecular weight is 458 g/mol. The largest absolute Gasteiger partial charge is 0.466 e. The molecular formula is C25H32ClN3O3. The average Bonchev–Trinajstić information content (AvgIpc) is 2.90. The van der Waals surface area contributed by atoms with Crippen LogP contribution in [0.4, 0.5) is 5.69 Å². The number of nitrogens with zero attached hydrogens (tertiary/aromatic N) is 2. The Kier molecular flexibility index (Phi) is 8.53. The van der Waals surface area contributed by atoms with E-state index < -0.39 is 0 Å². The second-order valence-corrected chi connectivity index (χ2v) is 8.91. The fourth-order valence-electron chi connectivity index (χ4n) is 3.50. The highest BCUT2D eigenvalue weighted by atomic mass is 35.5. The first-order valence-electron chi connectivity index (χ1n) is 11.1. The van der Waals surface area contributed by atoms with Gasteiger partial charge in [-0.2, -0.15) is 0 Å². The van der Waals surface area contributed by atoms with E-state index >= 15 is 0 Å². The molecule has 1 N–H and O–H groups in total. The smallest absolute Gasteiger partial charge is 0.302 e. The number of piperazine rings is 1. The predicted molar refractivity (Wildman–Crippen MR) is 129 cm³/mol. The highest BCUT2D eigenvalue weighted by Crippen LogP contribution is 2.39. The van der Waals surface area contributed by atoms with Gasteiger partial charge < -0.3 is 19.7 Å². The lowest BCUT2D eigenvalue weighted by Crippen LogP contribution is -2.51. The summed E-state index contributed by atoms with van der Waals surface area (Å²) in [5.41, 5.74) is 1.80. The van der Waals surface area contributed by atoms with Gasteiger partial charge in [0.1, 0.15) is 17.3 Å². The van der Waals surface area contributed by atoms with Crippen LogP contribution in [0.1, 0.15) is 39.7 Å². The summed E-state index contributed by atoms with van der Waals surface area (Å²) in [5, 5.41) is 4.13. The van der Waals surface area contributed by atoms with Crippen LogP contribution in [0.15, 0.2) is 47.5 Å². The molecule has 0 aromatic heterocycles. The van der Waals surface area contributed by atoms with Gasteiger partial charge in [-0.15, -0.1) is 0 Å². The fourth-order valence-corrected chi connectivity index (χ4v) is 3.67. The van der Waals surface area contributed by atoms with E-state index in [2.05, 4.69) is 37.1 Å². The van der Waals surface area contributed by atoms with Crippen molar-refractivity contribution in [1.29, 1.82) is 0 Å². The molecule has 0 radical (unpaired) electrons. The van der Waals surface area contributed by atoms with Crippen molar-refractivity contribution in [1.82, 2.24) is 10.2 Å². The second-order valence-electron chi connectivity index (χ2n) is 8.47. The minimum absolute atomic E-state index is 0.185. The van der Waals surface area contributed by atoms with Crippen molar-refractivity contribution >= 4 is 29.1 Å². The normalized spacial score (nSPS) is 17.1. The van der Waals surface area contributed by atoms with Crippen LogP contribution < -0.4 is 10.1 Å². The third-order valence-electron chi connectivity index (χ3n) is 5.16. The second kappa shape index (κ2) is 11.3. The Hall–Kier alpha value is -2.57. The minimum Gasteiger partial charge on any atom is -0.466 e. The van der Waals surface area contributed by atoms with Crippen LogP contribution in [0, 0.1) is 5.92 Å². The molecule has 2 aliphatic rings. The number of benzene rings is 2. The van der Waals surface area contributed by atoms with E-state index in [0.29, 0.717) is 23.6 Å². The number of nitrogens with one attached hydrogen (secondary N) is 1. The van der Waals surface area contributed by atoms with Crippen molar-refractivity contribution in [2.24, 2.45) is 10.9 Å². The Balaban J connectivity index is 0.000000275. The first-order valence-corrected chi connectivity index (χ1v) is 11.5. The van der Waals surface area contributed by atoms with Gasteiger partial charge in [-0.3, -0.25) is 4.79 Å². The molecule has 7 heteroatoms. The van der Waals surface area contributed by atoms with Gasteiger partial charge >= 0.3 is 5.97 Å². The summed E-state index contributed by atoms with van der Waals surface area (Å²) in [6.45, 7) is 11.2. The van der Waals surface area contributed by atoms with E-state index in [4.69, 9.17) is 26.1 Å². The lowest BCUT2D eigenvalue weighted by atomic mass is 10.1. The fraction of sp³-hybridized carbons (Fsp3) is 0.440. The molecule has 1 unspecified atom stereocenters. The number of hydrogen-bond acceptors (Lipinski definition) is 6. The molecule has 1 saturated heterocycles. The Labute approximate surface area is 195 Å². The molecule has 0 aliphatic carbocycles. The van der Waals surface area contributed by atoms with Crippen molar-refractivity contribution in [3.63, 3.8) is 0 Å². The van der Waals surface area contributed by atoms with Gasteiger partial charge in [-0.05, 0) is 49.6 Å². The summed E-state index contributed by atoms with van der Waals surface area (Å²) in [6.07, 6.45) is 0.958. The lowest BCUT2D eigenvalue weighted by molar-refractivity contribution is -0.141. The number of aliphatic imine (C=N–C) groups is 1. The zero-order valence-corrected chi connectivity index (χ0v) is 20.0. The zero-order valence-electron chi connectivity index (χ0n) is 19.2. The number of rotatable bonds is 3. The number of carbonyl (C=O) groups is 1. The standard InChI is InChI=1S/C18H18ClN3O.C7H14O2/c1-12-11-22(9-8-20-12)18-14-4-2-3-5-16(14)23-17-7-6-13(19)10-15(17)21-18;1-6(2)4-5-9-7(3)8/h2-7,10,12,20H,8-9,11H2,1H3;6H,4-5H2,1-3H3. The molecule has 2 aliphatic heterocycles. The number of esters is 1. The molecule has 2 heterocycles. The molecule has 2 aromatic rings. The molecule has 6 nitrogen and oxygen atoms in total. The van der Waals surface area contributed by atoms with Crippen LogP contribution in [0.3, 0.4) is 0 Å². The molecule has 0 spiro atoms. The highest BCUT2D eigenvalue weighted by molar-refractivity contribution is 6.31. The van der Waals surface area contributed by atoms with Crippen LogP contribution in [0.2, 0.25) is 5.02 Å². The summed E-state index contributed by atoms with van der Waals surface area (Å²) >= 11 is 6.15. The van der Waals surface area contributed by atoms with Crippen molar-refractivity contribution in [2.45, 2.75) is 40.2 Å². The van der Waals surface area contributed by atoms with E-state index in [1.54, 1.807) is 0 Å². The predicted octanol–water partition coefficient (Wildman–Crippen LogP) is 5.41. The van der Waals surface area contributed by atoms with E-state index in [-0.39, 0.29) is 5.97 Å². The number of carbonyl (C=O) groups excluding carboxylic acids is 1. The molecule has 4 rings (SSSR count). The van der Waals surface area contributed by atoms with Crippen molar-refractivity contribution in [3.05, 3.63) is 53.1 Å². The van der Waals surface area contributed by atoms with Crippen LogP contribution in [0.5, 0.6) is 11.5 Å². The van der Waals surface area contributed by atoms with E-state index in [1.807, 2.05) is 36.4 Å². The Morgan fingerprint density at radius 2 is 2.06 bits per heavy atom. The van der Waals surface area contributed by atoms with Gasteiger partial charge in [0.2, 0.25) is 0 Å². The monoisotopic (exact) mass is 457 g/mol. The minimum atomic E-state index is -0.185. The first kappa shape index (κ1) is 24.1. The summed E-state index contributed by atoms with van der Waals surface area (Å²) in [7, 11) is 0. The number of halogens is 1. The van der Waals surface area contributed by atoms with Gasteiger partial charge in [0, 0.05) is 37.6 Å². The molecule has 1 fully saturated rings. The maximum atomic E-state index is 10.2. The van der Waals surface area contributed by atoms with Gasteiger partial charge in [0.25, 0.3) is 0 Å². The maximum Gasteiger partial charge on any atom is 0.302 e. The van der Waals surface area contributed by atoms with Crippen LogP contribution in [-0.2, 0) is 9.53 Å². The maximum absolute atomic E-state index is 10.2. The number of fused-ring (bicyclic) bond motifs is 2. The van der Waals surface area contributed by atoms with Crippen LogP contribution in [-0.4, -0.2) is 49.0 Å². The third kappa shape index (κ3) is 6.71. The Bertz CT molecular complexity index is 961. The van der Waals surface area contributed by atoms with E-state index in [1.165, 1.54) is 6.92 Å². The molecule has 1 atom stereocenters. The van der Waals surface area contributed by atoms with Gasteiger partial charge in [-0.1, -0.05) is 37.6 Å². The van der Waals surface area contributed by atoms with Crippen molar-refractivity contribution in [2.75, 3.05) is 26.2 Å². The van der Waals surface area contributed by atoms with Crippen LogP contribution >= 0.6 is 11.6 Å². The molecule has 0 amide bonds. The summed E-state index contributed by atoms with van der Waals surface area (Å²) in [6, 6.07) is 14.0. The zero-order chi connectivity index (χ0) is 23.1. The highest BCUT2D eigenvalue weighted by Gasteiger charge is 2.25. The number of hydrogen-bond donors (Lipinski definition) is 1. The quantitative estimate of drug-likeness (QED) is 0.624. The molecule has 0 bridgehead atoms. The number of para-hydroxylation sites is 1. The number of ether oxygens (including phenoxy) is 2. The lowest BCUT2D eigenvalue weighted by Gasteiger charge is -2.34. The van der Waals surface area contributed by atoms with E-state index in [9.17, 15) is 4.79 Å². The molecule has 0 saturated carbocycles. The van der Waals surface area contributed by atoms with Crippen LogP contribution in [0.25, 0.3) is 0 Å². The Morgan fingerprint density at radius 1 is 1.28 bits per heavy atom. The SMILES string of the molecule is CC(=O)OCCC(C)C.CC1CN(C2=Nc3cc(Cl)ccc3Oc3ccccc32)CCN1. The van der Waals surface area contributed by atoms with Crippen molar-refractivity contribution in [3.8, 4) is 11.5 Å². The first-order chi connectivity index (χ1) is 15.3. The number of amidine groups is 1. The molecule has 2 aromatic carbocycles. The summed E-state index contributed by atoms with van der Waals surface area (Å²) in [5.74, 6) is 2.95. The summed E-state index contributed by atoms with van der Waals surface area (Å²) < 4.78 is 10.8. The Morgan fingerprint density at radius 3 is 2.78 bits per heavy atom. The topological polar surface area (TPSA) is 63.2 Å². The van der Waals surface area contributed by atoms with Gasteiger partial charge in [0.15, 0.2) is 5.75 Å². The third-order valence-corrected chi connectivity index (χ3v) is 5.40. The van der Waals surface area contributed by atoms with Gasteiger partial charge in [-0.25, -0.2) is 4.99 Å². The molecule has 32 heavy (non-hydrogen) atoms. The van der Waals surface area contributed by atoms with E-state index in [0.717, 1.165) is 54.6 Å².